The molecule has 0 saturated carbocycles. The van der Waals surface area contributed by atoms with Gasteiger partial charge in [0.25, 0.3) is 5.91 Å². The van der Waals surface area contributed by atoms with Crippen LogP contribution in [0.2, 0.25) is 0 Å². The first-order valence-electron chi connectivity index (χ1n) is 7.20. The summed E-state index contributed by atoms with van der Waals surface area (Å²) in [5.74, 6) is 0.113. The number of nitrogens with one attached hydrogen (secondary N) is 1. The number of amides is 1. The van der Waals surface area contributed by atoms with Gasteiger partial charge in [0.2, 0.25) is 0 Å². The molecule has 2 aromatic carbocycles. The molecule has 110 valence electrons. The Hall–Kier alpha value is -2.29. The van der Waals surface area contributed by atoms with E-state index in [0.29, 0.717) is 11.1 Å². The molecule has 1 amide bonds. The minimum Gasteiger partial charge on any atom is -0.508 e. The first kappa shape index (κ1) is 15.1. The summed E-state index contributed by atoms with van der Waals surface area (Å²) >= 11 is 0. The van der Waals surface area contributed by atoms with Gasteiger partial charge >= 0.3 is 0 Å². The highest BCUT2D eigenvalue weighted by molar-refractivity contribution is 5.94. The van der Waals surface area contributed by atoms with Crippen molar-refractivity contribution < 1.29 is 9.90 Å². The second kappa shape index (κ2) is 6.93. The lowest BCUT2D eigenvalue weighted by atomic mass is 10.1. The highest BCUT2D eigenvalue weighted by Gasteiger charge is 2.11. The summed E-state index contributed by atoms with van der Waals surface area (Å²) in [5, 5.41) is 12.5. The molecule has 0 aromatic heterocycles. The Kier molecular flexibility index (Phi) is 4.99. The fourth-order valence-electron chi connectivity index (χ4n) is 2.20. The molecule has 3 heteroatoms. The topological polar surface area (TPSA) is 49.3 Å². The van der Waals surface area contributed by atoms with Gasteiger partial charge in [-0.1, -0.05) is 30.3 Å². The smallest absolute Gasteiger partial charge is 0.251 e. The van der Waals surface area contributed by atoms with Gasteiger partial charge in [-0.25, -0.2) is 0 Å². The summed E-state index contributed by atoms with van der Waals surface area (Å²) in [6, 6.07) is 15.2. The maximum atomic E-state index is 12.1. The molecule has 2 N–H and O–H groups in total. The molecule has 0 fully saturated rings. The number of carbonyl (C=O) groups is 1. The largest absolute Gasteiger partial charge is 0.508 e. The second-order valence-electron chi connectivity index (χ2n) is 5.40. The minimum absolute atomic E-state index is 0.0985. The zero-order valence-corrected chi connectivity index (χ0v) is 12.5. The molecule has 0 bridgehead atoms. The van der Waals surface area contributed by atoms with E-state index in [9.17, 15) is 9.90 Å². The van der Waals surface area contributed by atoms with Gasteiger partial charge in [0, 0.05) is 11.6 Å². The van der Waals surface area contributed by atoms with E-state index >= 15 is 0 Å². The van der Waals surface area contributed by atoms with E-state index in [1.807, 2.05) is 25.1 Å². The molecular formula is C18H21NO2. The third kappa shape index (κ3) is 4.35. The predicted molar refractivity (Wildman–Crippen MR) is 84.5 cm³/mol. The van der Waals surface area contributed by atoms with Crippen LogP contribution in [0.3, 0.4) is 0 Å². The van der Waals surface area contributed by atoms with Crippen molar-refractivity contribution in [2.45, 2.75) is 32.7 Å². The van der Waals surface area contributed by atoms with Crippen LogP contribution >= 0.6 is 0 Å². The van der Waals surface area contributed by atoms with Crippen molar-refractivity contribution in [3.8, 4) is 5.75 Å². The van der Waals surface area contributed by atoms with Crippen molar-refractivity contribution in [1.29, 1.82) is 0 Å². The Balaban J connectivity index is 1.88. The Morgan fingerprint density at radius 2 is 1.90 bits per heavy atom. The highest BCUT2D eigenvalue weighted by Crippen LogP contribution is 2.17. The molecule has 0 aliphatic rings. The van der Waals surface area contributed by atoms with Gasteiger partial charge in [0.05, 0.1) is 0 Å². The van der Waals surface area contributed by atoms with Crippen molar-refractivity contribution in [3.63, 3.8) is 0 Å². The molecule has 0 heterocycles. The summed E-state index contributed by atoms with van der Waals surface area (Å²) < 4.78 is 0. The normalized spacial score (nSPS) is 11.9. The van der Waals surface area contributed by atoms with Crippen LogP contribution in [0, 0.1) is 6.92 Å². The van der Waals surface area contributed by atoms with Crippen LogP contribution in [0.15, 0.2) is 48.5 Å². The van der Waals surface area contributed by atoms with E-state index in [1.54, 1.807) is 25.1 Å². The van der Waals surface area contributed by atoms with Crippen LogP contribution < -0.4 is 5.32 Å². The van der Waals surface area contributed by atoms with Crippen LogP contribution in [-0.2, 0) is 6.42 Å². The summed E-state index contributed by atoms with van der Waals surface area (Å²) in [5.41, 5.74) is 2.57. The molecule has 0 spiro atoms. The van der Waals surface area contributed by atoms with Crippen LogP contribution in [0.1, 0.15) is 34.8 Å². The molecule has 3 nitrogen and oxygen atoms in total. The van der Waals surface area contributed by atoms with Gasteiger partial charge in [-0.3, -0.25) is 4.79 Å². The van der Waals surface area contributed by atoms with Crippen molar-refractivity contribution in [1.82, 2.24) is 5.32 Å². The first-order chi connectivity index (χ1) is 10.1. The number of aryl methyl sites for hydroxylation is 2. The predicted octanol–water partition coefficient (Wildman–Crippen LogP) is 3.45. The van der Waals surface area contributed by atoms with Gasteiger partial charge in [0.1, 0.15) is 5.75 Å². The maximum Gasteiger partial charge on any atom is 0.251 e. The van der Waals surface area contributed by atoms with Crippen molar-refractivity contribution in [3.05, 3.63) is 65.2 Å². The summed E-state index contributed by atoms with van der Waals surface area (Å²) in [7, 11) is 0. The number of carbonyl (C=O) groups excluding carboxylic acids is 1. The number of hydrogen-bond acceptors (Lipinski definition) is 2. The van der Waals surface area contributed by atoms with E-state index in [-0.39, 0.29) is 17.7 Å². The Morgan fingerprint density at radius 3 is 2.57 bits per heavy atom. The molecule has 2 aromatic rings. The minimum atomic E-state index is -0.0985. The number of aromatic hydroxyl groups is 1. The standard InChI is InChI=1S/C18H21NO2/c1-13-12-16(10-11-17(13)20)18(21)19-14(2)8-9-15-6-4-3-5-7-15/h3-7,10-12,14,20H,8-9H2,1-2H3,(H,19,21). The number of hydrogen-bond donors (Lipinski definition) is 2. The zero-order valence-electron chi connectivity index (χ0n) is 12.5. The fourth-order valence-corrected chi connectivity index (χ4v) is 2.20. The number of benzene rings is 2. The SMILES string of the molecule is Cc1cc(C(=O)NC(C)CCc2ccccc2)ccc1O. The molecule has 0 aliphatic heterocycles. The molecule has 0 radical (unpaired) electrons. The maximum absolute atomic E-state index is 12.1. The van der Waals surface area contributed by atoms with E-state index in [1.165, 1.54) is 5.56 Å². The van der Waals surface area contributed by atoms with Gasteiger partial charge in [-0.05, 0) is 56.0 Å². The molecule has 1 atom stereocenters. The zero-order chi connectivity index (χ0) is 15.2. The summed E-state index contributed by atoms with van der Waals surface area (Å²) in [6.45, 7) is 3.79. The quantitative estimate of drug-likeness (QED) is 0.883. The average Bonchev–Trinajstić information content (AvgIpc) is 2.49. The molecule has 0 aliphatic carbocycles. The fraction of sp³-hybridized carbons (Fsp3) is 0.278. The van der Waals surface area contributed by atoms with Gasteiger partial charge in [-0.2, -0.15) is 0 Å². The molecule has 1 unspecified atom stereocenters. The number of phenolic OH excluding ortho intramolecular Hbond substituents is 1. The lowest BCUT2D eigenvalue weighted by Crippen LogP contribution is -2.32. The van der Waals surface area contributed by atoms with E-state index in [0.717, 1.165) is 12.8 Å². The second-order valence-corrected chi connectivity index (χ2v) is 5.40. The van der Waals surface area contributed by atoms with Crippen LogP contribution in [0.4, 0.5) is 0 Å². The molecule has 0 saturated heterocycles. The van der Waals surface area contributed by atoms with Crippen molar-refractivity contribution in [2.24, 2.45) is 0 Å². The Labute approximate surface area is 125 Å². The molecular weight excluding hydrogens is 262 g/mol. The molecule has 21 heavy (non-hydrogen) atoms. The van der Waals surface area contributed by atoms with Crippen LogP contribution in [0.5, 0.6) is 5.75 Å². The summed E-state index contributed by atoms with van der Waals surface area (Å²) in [6.07, 6.45) is 1.84. The van der Waals surface area contributed by atoms with Crippen LogP contribution in [0.25, 0.3) is 0 Å². The first-order valence-corrected chi connectivity index (χ1v) is 7.20. The summed E-state index contributed by atoms with van der Waals surface area (Å²) in [4.78, 5) is 12.1. The van der Waals surface area contributed by atoms with Gasteiger partial charge in [-0.15, -0.1) is 0 Å². The van der Waals surface area contributed by atoms with Gasteiger partial charge < -0.3 is 10.4 Å². The van der Waals surface area contributed by atoms with Gasteiger partial charge in [0.15, 0.2) is 0 Å². The monoisotopic (exact) mass is 283 g/mol. The number of phenols is 1. The Morgan fingerprint density at radius 1 is 1.19 bits per heavy atom. The lowest BCUT2D eigenvalue weighted by Gasteiger charge is -2.14. The lowest BCUT2D eigenvalue weighted by molar-refractivity contribution is 0.0938. The van der Waals surface area contributed by atoms with E-state index in [2.05, 4.69) is 17.4 Å². The van der Waals surface area contributed by atoms with Crippen molar-refractivity contribution in [2.75, 3.05) is 0 Å². The van der Waals surface area contributed by atoms with E-state index < -0.39 is 0 Å². The Bertz CT molecular complexity index is 608. The van der Waals surface area contributed by atoms with Crippen molar-refractivity contribution >= 4 is 5.91 Å². The third-order valence-electron chi connectivity index (χ3n) is 3.55. The third-order valence-corrected chi connectivity index (χ3v) is 3.55. The number of rotatable bonds is 5. The van der Waals surface area contributed by atoms with Crippen LogP contribution in [-0.4, -0.2) is 17.1 Å². The average molecular weight is 283 g/mol. The molecule has 2 rings (SSSR count). The van der Waals surface area contributed by atoms with E-state index in [4.69, 9.17) is 0 Å². The highest BCUT2D eigenvalue weighted by atomic mass is 16.3.